The highest BCUT2D eigenvalue weighted by Crippen LogP contribution is 2.33. The number of nitrogens with one attached hydrogen (secondary N) is 1. The number of hydrogen-bond donors (Lipinski definition) is 1. The first kappa shape index (κ1) is 18.7. The minimum Gasteiger partial charge on any atom is -0.486 e. The van der Waals surface area contributed by atoms with Gasteiger partial charge in [0.25, 0.3) is 0 Å². The van der Waals surface area contributed by atoms with Gasteiger partial charge in [-0.25, -0.2) is 0 Å². The Morgan fingerprint density at radius 1 is 1.07 bits per heavy atom. The number of hydrogen-bond acceptors (Lipinski definition) is 5. The van der Waals surface area contributed by atoms with Crippen LogP contribution >= 0.6 is 47.2 Å². The Balaban J connectivity index is 1.55. The van der Waals surface area contributed by atoms with Crippen LogP contribution in [0.25, 0.3) is 5.69 Å². The monoisotopic (exact) mass is 439 g/mol. The molecule has 0 atom stereocenters. The van der Waals surface area contributed by atoms with E-state index in [2.05, 4.69) is 10.2 Å². The van der Waals surface area contributed by atoms with E-state index in [9.17, 15) is 0 Å². The van der Waals surface area contributed by atoms with Gasteiger partial charge in [0.05, 0.1) is 11.4 Å². The summed E-state index contributed by atoms with van der Waals surface area (Å²) in [7, 11) is 0. The van der Waals surface area contributed by atoms with Gasteiger partial charge >= 0.3 is 0 Å². The lowest BCUT2D eigenvalue weighted by molar-refractivity contribution is 0.171. The van der Waals surface area contributed by atoms with Crippen LogP contribution in [0.1, 0.15) is 11.4 Å². The van der Waals surface area contributed by atoms with Gasteiger partial charge < -0.3 is 9.47 Å². The summed E-state index contributed by atoms with van der Waals surface area (Å²) in [4.78, 5) is 0. The lowest BCUT2D eigenvalue weighted by Crippen LogP contribution is -2.15. The molecule has 4 rings (SSSR count). The Morgan fingerprint density at radius 2 is 1.81 bits per heavy atom. The van der Waals surface area contributed by atoms with E-state index >= 15 is 0 Å². The minimum absolute atomic E-state index is 0.526. The minimum atomic E-state index is 0.526. The van der Waals surface area contributed by atoms with Crippen LogP contribution in [0.3, 0.4) is 0 Å². The molecule has 2 aromatic carbocycles. The molecule has 140 valence electrons. The predicted molar refractivity (Wildman–Crippen MR) is 111 cm³/mol. The molecule has 0 unspecified atom stereocenters. The van der Waals surface area contributed by atoms with Crippen LogP contribution in [-0.2, 0) is 11.5 Å². The summed E-state index contributed by atoms with van der Waals surface area (Å²) in [5.74, 6) is 3.58. The van der Waals surface area contributed by atoms with Crippen LogP contribution in [-0.4, -0.2) is 28.0 Å². The van der Waals surface area contributed by atoms with E-state index in [1.165, 1.54) is 0 Å². The highest BCUT2D eigenvalue weighted by atomic mass is 35.5. The zero-order valence-electron chi connectivity index (χ0n) is 14.1. The number of fused-ring (bicyclic) bond motifs is 1. The molecule has 9 heteroatoms. The number of nitrogens with zero attached hydrogens (tertiary/aromatic N) is 2. The third kappa shape index (κ3) is 3.96. The maximum Gasteiger partial charge on any atom is 0.199 e. The third-order valence-electron chi connectivity index (χ3n) is 4.07. The van der Waals surface area contributed by atoms with Crippen molar-refractivity contribution in [1.29, 1.82) is 0 Å². The van der Waals surface area contributed by atoms with Crippen molar-refractivity contribution < 1.29 is 9.47 Å². The Morgan fingerprint density at radius 3 is 2.59 bits per heavy atom. The zero-order chi connectivity index (χ0) is 18.8. The number of aromatic amines is 1. The van der Waals surface area contributed by atoms with Gasteiger partial charge in [-0.05, 0) is 42.0 Å². The van der Waals surface area contributed by atoms with Crippen LogP contribution in [0.2, 0.25) is 10.0 Å². The average Bonchev–Trinajstić information content (AvgIpc) is 3.04. The van der Waals surface area contributed by atoms with Crippen LogP contribution in [0.5, 0.6) is 11.5 Å². The van der Waals surface area contributed by atoms with E-state index in [-0.39, 0.29) is 0 Å². The number of rotatable bonds is 5. The Bertz CT molecular complexity index is 1020. The molecule has 3 aromatic rings. The van der Waals surface area contributed by atoms with E-state index in [1.54, 1.807) is 11.8 Å². The second-order valence-corrected chi connectivity index (χ2v) is 7.99. The van der Waals surface area contributed by atoms with Gasteiger partial charge in [0.15, 0.2) is 16.3 Å². The van der Waals surface area contributed by atoms with Crippen molar-refractivity contribution in [3.05, 3.63) is 62.6 Å². The fraction of sp³-hybridized carbons (Fsp3) is 0.222. The number of halogens is 2. The van der Waals surface area contributed by atoms with Gasteiger partial charge in [-0.1, -0.05) is 29.3 Å². The number of benzene rings is 2. The fourth-order valence-corrected chi connectivity index (χ4v) is 4.72. The number of ether oxygens (including phenoxy) is 2. The van der Waals surface area contributed by atoms with E-state index in [0.717, 1.165) is 22.8 Å². The van der Waals surface area contributed by atoms with Crippen molar-refractivity contribution in [3.63, 3.8) is 0 Å². The first-order valence-electron chi connectivity index (χ1n) is 8.20. The molecule has 1 aliphatic heterocycles. The molecule has 0 radical (unpaired) electrons. The maximum atomic E-state index is 6.24. The van der Waals surface area contributed by atoms with Crippen molar-refractivity contribution in [1.82, 2.24) is 14.8 Å². The Labute approximate surface area is 175 Å². The van der Waals surface area contributed by atoms with Gasteiger partial charge in [0.2, 0.25) is 0 Å². The van der Waals surface area contributed by atoms with Gasteiger partial charge in [0, 0.05) is 21.9 Å². The van der Waals surface area contributed by atoms with E-state index < -0.39 is 0 Å². The maximum absolute atomic E-state index is 6.24. The Hall–Kier alpha value is -1.67. The first-order valence-corrected chi connectivity index (χ1v) is 10.5. The van der Waals surface area contributed by atoms with Crippen molar-refractivity contribution in [2.24, 2.45) is 0 Å². The van der Waals surface area contributed by atoms with Gasteiger partial charge in [0.1, 0.15) is 19.0 Å². The standard InChI is InChI=1S/C18H15Cl2N3O2S2/c19-13-2-1-3-14(20)12(13)9-27-10-17-21-22-18(26)23(17)11-4-5-15-16(8-11)25-7-6-24-15/h1-5,8H,6-7,9-10H2,(H,22,26). The quantitative estimate of drug-likeness (QED) is 0.536. The highest BCUT2D eigenvalue weighted by molar-refractivity contribution is 7.97. The summed E-state index contributed by atoms with van der Waals surface area (Å²) in [6.45, 7) is 1.10. The molecule has 0 saturated heterocycles. The van der Waals surface area contributed by atoms with E-state index in [4.69, 9.17) is 44.9 Å². The summed E-state index contributed by atoms with van der Waals surface area (Å²) in [5, 5.41) is 8.57. The van der Waals surface area contributed by atoms with Crippen molar-refractivity contribution in [2.45, 2.75) is 11.5 Å². The lowest BCUT2D eigenvalue weighted by atomic mass is 10.2. The first-order chi connectivity index (χ1) is 13.1. The third-order valence-corrected chi connectivity index (χ3v) is 6.00. The molecule has 0 amide bonds. The predicted octanol–water partition coefficient (Wildman–Crippen LogP) is 5.44. The summed E-state index contributed by atoms with van der Waals surface area (Å²) in [6, 6.07) is 11.3. The fourth-order valence-electron chi connectivity index (χ4n) is 2.78. The van der Waals surface area contributed by atoms with Crippen LogP contribution in [0.15, 0.2) is 36.4 Å². The normalized spacial score (nSPS) is 13.0. The summed E-state index contributed by atoms with van der Waals surface area (Å²) in [5.41, 5.74) is 1.80. The molecule has 1 N–H and O–H groups in total. The molecular formula is C18H15Cl2N3O2S2. The summed E-state index contributed by atoms with van der Waals surface area (Å²) < 4.78 is 13.7. The number of thioether (sulfide) groups is 1. The molecule has 2 heterocycles. The molecule has 0 fully saturated rings. The van der Waals surface area contributed by atoms with Crippen molar-refractivity contribution in [2.75, 3.05) is 13.2 Å². The topological polar surface area (TPSA) is 52.1 Å². The zero-order valence-corrected chi connectivity index (χ0v) is 17.2. The van der Waals surface area contributed by atoms with Gasteiger partial charge in [-0.3, -0.25) is 9.67 Å². The Kier molecular flexibility index (Phi) is 5.63. The number of H-pyrrole nitrogens is 1. The average molecular weight is 440 g/mol. The molecule has 5 nitrogen and oxygen atoms in total. The molecule has 0 bridgehead atoms. The van der Waals surface area contributed by atoms with Crippen molar-refractivity contribution >= 4 is 47.2 Å². The SMILES string of the molecule is S=c1[nH]nc(CSCc2c(Cl)cccc2Cl)n1-c1ccc2c(c1)OCCO2. The second-order valence-electron chi connectivity index (χ2n) is 5.80. The smallest absolute Gasteiger partial charge is 0.199 e. The largest absolute Gasteiger partial charge is 0.486 e. The lowest BCUT2D eigenvalue weighted by Gasteiger charge is -2.19. The van der Waals surface area contributed by atoms with E-state index in [0.29, 0.717) is 45.3 Å². The molecule has 1 aromatic heterocycles. The van der Waals surface area contributed by atoms with Gasteiger partial charge in [-0.15, -0.1) is 11.8 Å². The van der Waals surface area contributed by atoms with Crippen LogP contribution < -0.4 is 9.47 Å². The van der Waals surface area contributed by atoms with Crippen LogP contribution in [0, 0.1) is 4.77 Å². The summed E-state index contributed by atoms with van der Waals surface area (Å²) in [6.07, 6.45) is 0. The number of aromatic nitrogens is 3. The molecule has 27 heavy (non-hydrogen) atoms. The van der Waals surface area contributed by atoms with E-state index in [1.807, 2.05) is 41.0 Å². The van der Waals surface area contributed by atoms with Crippen molar-refractivity contribution in [3.8, 4) is 17.2 Å². The van der Waals surface area contributed by atoms with Gasteiger partial charge in [-0.2, -0.15) is 5.10 Å². The molecule has 0 saturated carbocycles. The molecule has 0 aliphatic carbocycles. The summed E-state index contributed by atoms with van der Waals surface area (Å²) >= 11 is 19.6. The molecule has 1 aliphatic rings. The highest BCUT2D eigenvalue weighted by Gasteiger charge is 2.15. The molecular weight excluding hydrogens is 425 g/mol. The second kappa shape index (κ2) is 8.14. The van der Waals surface area contributed by atoms with Crippen LogP contribution in [0.4, 0.5) is 0 Å². The molecule has 0 spiro atoms.